The van der Waals surface area contributed by atoms with E-state index in [1.54, 1.807) is 0 Å². The number of nitrogens with zero attached hydrogens (tertiary/aromatic N) is 1. The molecule has 0 unspecified atom stereocenters. The molecular weight excluding hydrogens is 333 g/mol. The maximum absolute atomic E-state index is 13.2. The minimum Gasteiger partial charge on any atom is -0.473 e. The van der Waals surface area contributed by atoms with E-state index in [1.165, 1.54) is 11.0 Å². The summed E-state index contributed by atoms with van der Waals surface area (Å²) in [6.07, 6.45) is -2.32. The molecule has 1 heterocycles. The van der Waals surface area contributed by atoms with E-state index in [0.29, 0.717) is 24.2 Å². The number of amides is 1. The third kappa shape index (κ3) is 3.21. The zero-order valence-corrected chi connectivity index (χ0v) is 14.4. The Labute approximate surface area is 145 Å². The van der Waals surface area contributed by atoms with Gasteiger partial charge in [-0.3, -0.25) is 4.79 Å². The lowest BCUT2D eigenvalue weighted by molar-refractivity contribution is -0.149. The van der Waals surface area contributed by atoms with Gasteiger partial charge in [0.2, 0.25) is 5.91 Å². The fourth-order valence-electron chi connectivity index (χ4n) is 3.94. The van der Waals surface area contributed by atoms with Crippen molar-refractivity contribution in [2.45, 2.75) is 51.9 Å². The highest BCUT2D eigenvalue weighted by molar-refractivity contribution is 5.83. The van der Waals surface area contributed by atoms with Crippen LogP contribution in [-0.4, -0.2) is 23.6 Å². The van der Waals surface area contributed by atoms with Crippen molar-refractivity contribution in [2.24, 2.45) is 17.1 Å². The van der Waals surface area contributed by atoms with Crippen molar-refractivity contribution in [1.29, 1.82) is 0 Å². The topological polar surface area (TPSA) is 55.6 Å². The molecule has 2 aliphatic rings. The minimum atomic E-state index is -4.42. The summed E-state index contributed by atoms with van der Waals surface area (Å²) in [5.74, 6) is 0.439. The van der Waals surface area contributed by atoms with Crippen molar-refractivity contribution in [3.8, 4) is 5.75 Å². The minimum absolute atomic E-state index is 0.0128. The van der Waals surface area contributed by atoms with Gasteiger partial charge in [0.15, 0.2) is 6.73 Å². The average Bonchev–Trinajstić information content (AvgIpc) is 2.95. The molecule has 3 rings (SSSR count). The van der Waals surface area contributed by atoms with E-state index in [1.807, 2.05) is 13.8 Å². The van der Waals surface area contributed by atoms with E-state index < -0.39 is 17.2 Å². The summed E-state index contributed by atoms with van der Waals surface area (Å²) >= 11 is 0. The van der Waals surface area contributed by atoms with E-state index in [4.69, 9.17) is 10.5 Å². The highest BCUT2D eigenvalue weighted by Crippen LogP contribution is 2.46. The molecule has 0 saturated heterocycles. The van der Waals surface area contributed by atoms with Gasteiger partial charge >= 0.3 is 6.18 Å². The Bertz CT molecular complexity index is 675. The van der Waals surface area contributed by atoms with Crippen LogP contribution in [0.2, 0.25) is 0 Å². The molecule has 1 aromatic carbocycles. The monoisotopic (exact) mass is 356 g/mol. The molecule has 138 valence electrons. The summed E-state index contributed by atoms with van der Waals surface area (Å²) in [5, 5.41) is 0. The molecule has 7 heteroatoms. The van der Waals surface area contributed by atoms with Crippen LogP contribution in [0.15, 0.2) is 18.2 Å². The van der Waals surface area contributed by atoms with Gasteiger partial charge in [-0.25, -0.2) is 0 Å². The summed E-state index contributed by atoms with van der Waals surface area (Å²) in [7, 11) is 0. The summed E-state index contributed by atoms with van der Waals surface area (Å²) in [5.41, 5.74) is 5.13. The molecule has 0 spiro atoms. The second-order valence-corrected chi connectivity index (χ2v) is 7.41. The van der Waals surface area contributed by atoms with Crippen molar-refractivity contribution in [1.82, 2.24) is 4.90 Å². The van der Waals surface area contributed by atoms with Crippen molar-refractivity contribution < 1.29 is 22.7 Å². The van der Waals surface area contributed by atoms with Crippen LogP contribution in [0.25, 0.3) is 0 Å². The molecular formula is C18H23F3N2O2. The van der Waals surface area contributed by atoms with E-state index in [0.717, 1.165) is 18.6 Å². The first-order valence-corrected chi connectivity index (χ1v) is 8.51. The number of rotatable bonds is 2. The van der Waals surface area contributed by atoms with E-state index in [2.05, 4.69) is 0 Å². The maximum Gasteiger partial charge on any atom is 0.416 e. The first-order valence-electron chi connectivity index (χ1n) is 8.51. The molecule has 2 N–H and O–H groups in total. The molecule has 1 amide bonds. The Kier molecular flexibility index (Phi) is 4.47. The highest BCUT2D eigenvalue weighted by Gasteiger charge is 2.49. The second kappa shape index (κ2) is 6.20. The van der Waals surface area contributed by atoms with Gasteiger partial charge in [0.05, 0.1) is 17.5 Å². The molecule has 25 heavy (non-hydrogen) atoms. The van der Waals surface area contributed by atoms with Crippen molar-refractivity contribution in [3.05, 3.63) is 29.3 Å². The van der Waals surface area contributed by atoms with Gasteiger partial charge in [-0.15, -0.1) is 0 Å². The molecule has 1 aromatic rings. The number of hydrogen-bond donors (Lipinski definition) is 1. The van der Waals surface area contributed by atoms with E-state index >= 15 is 0 Å². The lowest BCUT2D eigenvalue weighted by atomic mass is 9.74. The van der Waals surface area contributed by atoms with Crippen LogP contribution in [0, 0.1) is 11.3 Å². The van der Waals surface area contributed by atoms with E-state index in [-0.39, 0.29) is 31.1 Å². The molecule has 2 atom stereocenters. The maximum atomic E-state index is 13.2. The smallest absolute Gasteiger partial charge is 0.416 e. The summed E-state index contributed by atoms with van der Waals surface area (Å²) in [6.45, 7) is 4.18. The Morgan fingerprint density at radius 1 is 1.40 bits per heavy atom. The van der Waals surface area contributed by atoms with Crippen LogP contribution in [0.4, 0.5) is 13.2 Å². The summed E-state index contributed by atoms with van der Waals surface area (Å²) < 4.78 is 44.3. The lowest BCUT2D eigenvalue weighted by Crippen LogP contribution is -2.48. The van der Waals surface area contributed by atoms with E-state index in [9.17, 15) is 18.0 Å². The molecule has 0 radical (unpaired) electrons. The molecule has 1 aliphatic carbocycles. The summed E-state index contributed by atoms with van der Waals surface area (Å²) in [6, 6.07) is 3.38. The number of ether oxygens (including phenoxy) is 1. The standard InChI is InChI=1S/C18H23F3N2O2/c1-11(2)17(6-5-14(22)8-17)16(24)23-9-12-7-13(18(19,20)21)3-4-15(12)25-10-23/h3-4,7,11,14H,5-6,8-10,22H2,1-2H3/t14-,17+/m1/s1. The molecule has 0 bridgehead atoms. The predicted octanol–water partition coefficient (Wildman–Crippen LogP) is 3.54. The van der Waals surface area contributed by atoms with Gasteiger partial charge in [-0.05, 0) is 43.4 Å². The van der Waals surface area contributed by atoms with Gasteiger partial charge in [-0.2, -0.15) is 13.2 Å². The average molecular weight is 356 g/mol. The van der Waals surface area contributed by atoms with Crippen LogP contribution in [-0.2, 0) is 17.5 Å². The lowest BCUT2D eigenvalue weighted by Gasteiger charge is -2.39. The van der Waals surface area contributed by atoms with Crippen LogP contribution < -0.4 is 10.5 Å². The Balaban J connectivity index is 1.85. The van der Waals surface area contributed by atoms with Crippen LogP contribution >= 0.6 is 0 Å². The number of benzene rings is 1. The van der Waals surface area contributed by atoms with Crippen LogP contribution in [0.1, 0.15) is 44.2 Å². The number of carbonyl (C=O) groups excluding carboxylic acids is 1. The third-order valence-electron chi connectivity index (χ3n) is 5.53. The Morgan fingerprint density at radius 3 is 2.68 bits per heavy atom. The first kappa shape index (κ1) is 18.0. The molecule has 1 aliphatic heterocycles. The molecule has 4 nitrogen and oxygen atoms in total. The molecule has 1 fully saturated rings. The zero-order chi connectivity index (χ0) is 18.4. The van der Waals surface area contributed by atoms with Gasteiger partial charge in [0.25, 0.3) is 0 Å². The number of carbonyl (C=O) groups is 1. The van der Waals surface area contributed by atoms with Crippen LogP contribution in [0.5, 0.6) is 5.75 Å². The zero-order valence-electron chi connectivity index (χ0n) is 14.4. The Hall–Kier alpha value is -1.76. The van der Waals surface area contributed by atoms with Gasteiger partial charge in [0.1, 0.15) is 5.75 Å². The van der Waals surface area contributed by atoms with Crippen molar-refractivity contribution in [3.63, 3.8) is 0 Å². The molecule has 0 aromatic heterocycles. The molecule has 1 saturated carbocycles. The van der Waals surface area contributed by atoms with Gasteiger partial charge in [-0.1, -0.05) is 13.8 Å². The second-order valence-electron chi connectivity index (χ2n) is 7.41. The Morgan fingerprint density at radius 2 is 2.12 bits per heavy atom. The fraction of sp³-hybridized carbons (Fsp3) is 0.611. The fourth-order valence-corrected chi connectivity index (χ4v) is 3.94. The van der Waals surface area contributed by atoms with Gasteiger partial charge < -0.3 is 15.4 Å². The number of nitrogens with two attached hydrogens (primary N) is 1. The normalized spacial score (nSPS) is 26.5. The van der Waals surface area contributed by atoms with Crippen molar-refractivity contribution >= 4 is 5.91 Å². The SMILES string of the molecule is CC(C)[C@]1(C(=O)N2COc3ccc(C(F)(F)F)cc3C2)CC[C@@H](N)C1. The highest BCUT2D eigenvalue weighted by atomic mass is 19.4. The number of fused-ring (bicyclic) bond motifs is 1. The number of halogens is 3. The largest absolute Gasteiger partial charge is 0.473 e. The first-order chi connectivity index (χ1) is 11.6. The van der Waals surface area contributed by atoms with Gasteiger partial charge in [0, 0.05) is 11.6 Å². The third-order valence-corrected chi connectivity index (χ3v) is 5.53. The van der Waals surface area contributed by atoms with Crippen molar-refractivity contribution in [2.75, 3.05) is 6.73 Å². The quantitative estimate of drug-likeness (QED) is 0.882. The predicted molar refractivity (Wildman–Crippen MR) is 86.6 cm³/mol. The summed E-state index contributed by atoms with van der Waals surface area (Å²) in [4.78, 5) is 14.7. The number of hydrogen-bond acceptors (Lipinski definition) is 3. The van der Waals surface area contributed by atoms with Crippen LogP contribution in [0.3, 0.4) is 0 Å². The number of alkyl halides is 3.